The Balaban J connectivity index is 1.68. The summed E-state index contributed by atoms with van der Waals surface area (Å²) >= 11 is 5.15. The predicted octanol–water partition coefficient (Wildman–Crippen LogP) is 3.08. The summed E-state index contributed by atoms with van der Waals surface area (Å²) < 4.78 is 18.7. The SMILES string of the molecule is CCn1c(CNC(=O)c2ccc(OCc3c(C)noc3C)c(OC)c2)n[nH]c1=S. The van der Waals surface area contributed by atoms with Crippen molar-refractivity contribution in [3.05, 3.63) is 51.4 Å². The summed E-state index contributed by atoms with van der Waals surface area (Å²) in [5.41, 5.74) is 2.12. The number of aromatic amines is 1. The lowest BCUT2D eigenvalue weighted by atomic mass is 10.2. The molecular formula is C19H23N5O4S. The first kappa shape index (κ1) is 20.6. The summed E-state index contributed by atoms with van der Waals surface area (Å²) in [6, 6.07) is 5.01. The minimum atomic E-state index is -0.253. The zero-order valence-corrected chi connectivity index (χ0v) is 17.6. The van der Waals surface area contributed by atoms with Crippen LogP contribution >= 0.6 is 12.2 Å². The van der Waals surface area contributed by atoms with Gasteiger partial charge in [0.1, 0.15) is 12.4 Å². The molecule has 9 nitrogen and oxygen atoms in total. The second kappa shape index (κ2) is 8.91. The molecule has 0 atom stereocenters. The van der Waals surface area contributed by atoms with Crippen molar-refractivity contribution < 1.29 is 18.8 Å². The molecule has 0 aliphatic heterocycles. The van der Waals surface area contributed by atoms with Gasteiger partial charge in [0.25, 0.3) is 5.91 Å². The quantitative estimate of drug-likeness (QED) is 0.542. The molecular weight excluding hydrogens is 394 g/mol. The molecule has 3 rings (SSSR count). The molecule has 10 heteroatoms. The molecule has 0 saturated heterocycles. The molecule has 2 aromatic heterocycles. The maximum Gasteiger partial charge on any atom is 0.251 e. The highest BCUT2D eigenvalue weighted by atomic mass is 32.1. The monoisotopic (exact) mass is 417 g/mol. The highest BCUT2D eigenvalue weighted by Crippen LogP contribution is 2.29. The molecule has 3 aromatic rings. The van der Waals surface area contributed by atoms with Crippen LogP contribution in [-0.2, 0) is 19.7 Å². The fraction of sp³-hybridized carbons (Fsp3) is 0.368. The lowest BCUT2D eigenvalue weighted by Gasteiger charge is -2.12. The number of nitrogens with zero attached hydrogens (tertiary/aromatic N) is 3. The number of carbonyl (C=O) groups excluding carboxylic acids is 1. The molecule has 0 saturated carbocycles. The summed E-state index contributed by atoms with van der Waals surface area (Å²) in [6.07, 6.45) is 0. The zero-order valence-electron chi connectivity index (χ0n) is 16.7. The van der Waals surface area contributed by atoms with E-state index in [1.807, 2.05) is 25.3 Å². The smallest absolute Gasteiger partial charge is 0.251 e. The Kier molecular flexibility index (Phi) is 6.32. The largest absolute Gasteiger partial charge is 0.493 e. The van der Waals surface area contributed by atoms with Crippen molar-refractivity contribution in [1.82, 2.24) is 25.2 Å². The number of hydrogen-bond acceptors (Lipinski definition) is 7. The van der Waals surface area contributed by atoms with Gasteiger partial charge in [0, 0.05) is 12.1 Å². The summed E-state index contributed by atoms with van der Waals surface area (Å²) in [4.78, 5) is 12.5. The van der Waals surface area contributed by atoms with Gasteiger partial charge in [0.2, 0.25) is 0 Å². The number of methoxy groups -OCH3 is 1. The van der Waals surface area contributed by atoms with Crippen LogP contribution in [0.5, 0.6) is 11.5 Å². The first-order valence-corrected chi connectivity index (χ1v) is 9.50. The first-order chi connectivity index (χ1) is 13.9. The molecule has 0 radical (unpaired) electrons. The lowest BCUT2D eigenvalue weighted by molar-refractivity contribution is 0.0949. The van der Waals surface area contributed by atoms with E-state index in [1.165, 1.54) is 7.11 Å². The van der Waals surface area contributed by atoms with Gasteiger partial charge in [-0.3, -0.25) is 9.89 Å². The number of rotatable bonds is 8. The second-order valence-corrected chi connectivity index (χ2v) is 6.72. The number of benzene rings is 1. The Labute approximate surface area is 173 Å². The van der Waals surface area contributed by atoms with Crippen LogP contribution in [0.1, 0.15) is 40.1 Å². The van der Waals surface area contributed by atoms with Crippen LogP contribution in [0.25, 0.3) is 0 Å². The molecule has 0 spiro atoms. The maximum atomic E-state index is 12.5. The fourth-order valence-corrected chi connectivity index (χ4v) is 3.14. The van der Waals surface area contributed by atoms with Gasteiger partial charge in [-0.05, 0) is 51.2 Å². The van der Waals surface area contributed by atoms with Crippen molar-refractivity contribution in [2.75, 3.05) is 7.11 Å². The molecule has 1 aromatic carbocycles. The van der Waals surface area contributed by atoms with Crippen LogP contribution in [-0.4, -0.2) is 32.9 Å². The average Bonchev–Trinajstić information content (AvgIpc) is 3.25. The van der Waals surface area contributed by atoms with Crippen molar-refractivity contribution in [2.24, 2.45) is 0 Å². The summed E-state index contributed by atoms with van der Waals surface area (Å²) in [7, 11) is 1.53. The minimum Gasteiger partial charge on any atom is -0.493 e. The number of H-pyrrole nitrogens is 1. The lowest BCUT2D eigenvalue weighted by Crippen LogP contribution is -2.24. The molecule has 0 unspecified atom stereocenters. The summed E-state index contributed by atoms with van der Waals surface area (Å²) in [5.74, 6) is 2.10. The van der Waals surface area contributed by atoms with Crippen LogP contribution in [0.4, 0.5) is 0 Å². The van der Waals surface area contributed by atoms with Crippen molar-refractivity contribution in [2.45, 2.75) is 40.5 Å². The van der Waals surface area contributed by atoms with E-state index in [2.05, 4.69) is 20.7 Å². The van der Waals surface area contributed by atoms with Gasteiger partial charge < -0.3 is 23.9 Å². The molecule has 2 heterocycles. The van der Waals surface area contributed by atoms with Crippen LogP contribution in [0.2, 0.25) is 0 Å². The first-order valence-electron chi connectivity index (χ1n) is 9.09. The number of hydrogen-bond donors (Lipinski definition) is 2. The Hall–Kier alpha value is -3.14. The van der Waals surface area contributed by atoms with E-state index in [4.69, 9.17) is 26.2 Å². The van der Waals surface area contributed by atoms with Gasteiger partial charge >= 0.3 is 0 Å². The van der Waals surface area contributed by atoms with Crippen LogP contribution in [0.15, 0.2) is 22.7 Å². The highest BCUT2D eigenvalue weighted by Gasteiger charge is 2.15. The molecule has 154 valence electrons. The predicted molar refractivity (Wildman–Crippen MR) is 108 cm³/mol. The van der Waals surface area contributed by atoms with E-state index in [-0.39, 0.29) is 12.5 Å². The Morgan fingerprint density at radius 2 is 2.14 bits per heavy atom. The van der Waals surface area contributed by atoms with Gasteiger partial charge in [-0.15, -0.1) is 0 Å². The van der Waals surface area contributed by atoms with E-state index in [9.17, 15) is 4.79 Å². The number of aromatic nitrogens is 4. The number of carbonyl (C=O) groups is 1. The molecule has 0 fully saturated rings. The fourth-order valence-electron chi connectivity index (χ4n) is 2.86. The van der Waals surface area contributed by atoms with E-state index in [1.54, 1.807) is 18.2 Å². The van der Waals surface area contributed by atoms with E-state index in [0.717, 1.165) is 11.3 Å². The Morgan fingerprint density at radius 3 is 2.79 bits per heavy atom. The van der Waals surface area contributed by atoms with Crippen LogP contribution < -0.4 is 14.8 Å². The van der Waals surface area contributed by atoms with Gasteiger partial charge in [-0.1, -0.05) is 5.16 Å². The molecule has 1 amide bonds. The van der Waals surface area contributed by atoms with Crippen LogP contribution in [0.3, 0.4) is 0 Å². The van der Waals surface area contributed by atoms with Gasteiger partial charge in [0.15, 0.2) is 22.1 Å². The Morgan fingerprint density at radius 1 is 1.34 bits per heavy atom. The normalized spacial score (nSPS) is 10.8. The molecule has 29 heavy (non-hydrogen) atoms. The molecule has 0 bridgehead atoms. The topological polar surface area (TPSA) is 107 Å². The van der Waals surface area contributed by atoms with Crippen molar-refractivity contribution in [3.8, 4) is 11.5 Å². The highest BCUT2D eigenvalue weighted by molar-refractivity contribution is 7.71. The summed E-state index contributed by atoms with van der Waals surface area (Å²) in [6.45, 7) is 6.87. The molecule has 2 N–H and O–H groups in total. The van der Waals surface area contributed by atoms with Crippen molar-refractivity contribution in [3.63, 3.8) is 0 Å². The third-order valence-corrected chi connectivity index (χ3v) is 4.85. The van der Waals surface area contributed by atoms with Gasteiger partial charge in [-0.2, -0.15) is 5.10 Å². The van der Waals surface area contributed by atoms with E-state index < -0.39 is 0 Å². The summed E-state index contributed by atoms with van der Waals surface area (Å²) in [5, 5.41) is 13.6. The second-order valence-electron chi connectivity index (χ2n) is 6.33. The number of nitrogens with one attached hydrogen (secondary N) is 2. The van der Waals surface area contributed by atoms with E-state index in [0.29, 0.717) is 46.6 Å². The number of amides is 1. The standard InChI is InChI=1S/C19H23N5O4S/c1-5-24-17(21-22-19(24)29)9-20-18(25)13-6-7-15(16(8-13)26-4)27-10-14-11(2)23-28-12(14)3/h6-8H,5,9-10H2,1-4H3,(H,20,25)(H,22,29). The maximum absolute atomic E-state index is 12.5. The van der Waals surface area contributed by atoms with E-state index >= 15 is 0 Å². The zero-order chi connectivity index (χ0) is 21.0. The van der Waals surface area contributed by atoms with Crippen molar-refractivity contribution >= 4 is 18.1 Å². The minimum absolute atomic E-state index is 0.253. The number of aryl methyl sites for hydroxylation is 2. The van der Waals surface area contributed by atoms with Gasteiger partial charge in [-0.25, -0.2) is 0 Å². The third kappa shape index (κ3) is 4.48. The number of ether oxygens (including phenoxy) is 2. The average molecular weight is 417 g/mol. The van der Waals surface area contributed by atoms with Crippen LogP contribution in [0, 0.1) is 18.6 Å². The van der Waals surface area contributed by atoms with Crippen molar-refractivity contribution in [1.29, 1.82) is 0 Å². The van der Waals surface area contributed by atoms with Gasteiger partial charge in [0.05, 0.1) is 24.9 Å². The molecule has 0 aliphatic carbocycles. The molecule has 0 aliphatic rings. The Bertz CT molecular complexity index is 1050. The third-order valence-electron chi connectivity index (χ3n) is 4.54.